The largest absolute Gasteiger partial charge is 0.433 e. The zero-order valence-corrected chi connectivity index (χ0v) is 9.48. The fourth-order valence-electron chi connectivity index (χ4n) is 1.22. The van der Waals surface area contributed by atoms with Crippen molar-refractivity contribution in [2.24, 2.45) is 5.16 Å². The molecule has 7 nitrogen and oxygen atoms in total. The van der Waals surface area contributed by atoms with Crippen LogP contribution in [0.2, 0.25) is 0 Å². The van der Waals surface area contributed by atoms with E-state index in [-0.39, 0.29) is 11.3 Å². The Hall–Kier alpha value is -2.96. The van der Waals surface area contributed by atoms with E-state index >= 15 is 0 Å². The first kappa shape index (κ1) is 11.1. The molecular formula is C12H8N2O5. The SMILES string of the molecule is [2H]/C(=N/OC(=O)c1ccccc1)c1ccc([N+](=O)[O-])o1. The maximum atomic E-state index is 11.5. The quantitative estimate of drug-likeness (QED) is 0.364. The van der Waals surface area contributed by atoms with E-state index in [0.717, 1.165) is 6.07 Å². The lowest BCUT2D eigenvalue weighted by atomic mass is 10.2. The Balaban J connectivity index is 2.07. The summed E-state index contributed by atoms with van der Waals surface area (Å²) in [6.45, 7) is 0. The van der Waals surface area contributed by atoms with E-state index in [1.54, 1.807) is 18.2 Å². The van der Waals surface area contributed by atoms with Crippen molar-refractivity contribution < 1.29 is 20.3 Å². The summed E-state index contributed by atoms with van der Waals surface area (Å²) in [6.07, 6.45) is -0.526. The fraction of sp³-hybridized carbons (Fsp3) is 0. The fourth-order valence-corrected chi connectivity index (χ4v) is 1.22. The molecule has 0 saturated carbocycles. The first-order valence-electron chi connectivity index (χ1n) is 5.63. The molecule has 2 rings (SSSR count). The van der Waals surface area contributed by atoms with Crippen LogP contribution in [-0.4, -0.2) is 17.1 Å². The van der Waals surface area contributed by atoms with E-state index in [4.69, 9.17) is 5.79 Å². The van der Waals surface area contributed by atoms with E-state index in [1.165, 1.54) is 18.2 Å². The lowest BCUT2D eigenvalue weighted by Gasteiger charge is -1.95. The van der Waals surface area contributed by atoms with Crippen molar-refractivity contribution in [2.45, 2.75) is 0 Å². The van der Waals surface area contributed by atoms with Gasteiger partial charge in [-0.05, 0) is 18.2 Å². The minimum absolute atomic E-state index is 0.169. The molecule has 0 aliphatic carbocycles. The van der Waals surface area contributed by atoms with Crippen molar-refractivity contribution in [1.82, 2.24) is 0 Å². The van der Waals surface area contributed by atoms with Gasteiger partial charge in [-0.15, -0.1) is 0 Å². The van der Waals surface area contributed by atoms with Crippen LogP contribution >= 0.6 is 0 Å². The summed E-state index contributed by atoms with van der Waals surface area (Å²) in [4.78, 5) is 25.8. The Morgan fingerprint density at radius 3 is 2.74 bits per heavy atom. The molecule has 1 aromatic heterocycles. The molecule has 1 heterocycles. The highest BCUT2D eigenvalue weighted by Gasteiger charge is 2.10. The number of carbonyl (C=O) groups is 1. The van der Waals surface area contributed by atoms with Crippen molar-refractivity contribution in [1.29, 1.82) is 0 Å². The molecule has 19 heavy (non-hydrogen) atoms. The average Bonchev–Trinajstić information content (AvgIpc) is 2.95. The Morgan fingerprint density at radius 1 is 1.37 bits per heavy atom. The molecule has 0 fully saturated rings. The summed E-state index contributed by atoms with van der Waals surface area (Å²) in [5.74, 6) is -1.43. The van der Waals surface area contributed by atoms with Gasteiger partial charge in [-0.25, -0.2) is 4.79 Å². The van der Waals surface area contributed by atoms with Crippen LogP contribution in [0, 0.1) is 10.1 Å². The Labute approximate surface area is 108 Å². The molecule has 0 aliphatic heterocycles. The Kier molecular flexibility index (Phi) is 3.28. The van der Waals surface area contributed by atoms with Gasteiger partial charge in [-0.1, -0.05) is 23.4 Å². The highest BCUT2D eigenvalue weighted by molar-refractivity contribution is 5.89. The second-order valence-electron chi connectivity index (χ2n) is 3.34. The van der Waals surface area contributed by atoms with Gasteiger partial charge in [0.2, 0.25) is 0 Å². The molecule has 0 radical (unpaired) electrons. The van der Waals surface area contributed by atoms with Crippen molar-refractivity contribution in [3.63, 3.8) is 0 Å². The predicted octanol–water partition coefficient (Wildman–Crippen LogP) is 2.38. The van der Waals surface area contributed by atoms with Crippen LogP contribution in [0.25, 0.3) is 0 Å². The van der Waals surface area contributed by atoms with Gasteiger partial charge in [0.25, 0.3) is 0 Å². The van der Waals surface area contributed by atoms with Crippen molar-refractivity contribution in [2.75, 3.05) is 0 Å². The summed E-state index contributed by atoms with van der Waals surface area (Å²) in [5.41, 5.74) is 0.273. The third kappa shape index (κ3) is 3.25. The molecule has 0 aliphatic rings. The van der Waals surface area contributed by atoms with Gasteiger partial charge < -0.3 is 9.25 Å². The molecule has 0 unspecified atom stereocenters. The Bertz CT molecular complexity index is 665. The van der Waals surface area contributed by atoms with Crippen LogP contribution in [0.3, 0.4) is 0 Å². The normalized spacial score (nSPS) is 11.8. The highest BCUT2D eigenvalue weighted by atomic mass is 16.7. The van der Waals surface area contributed by atoms with Gasteiger partial charge in [0.05, 0.1) is 13.0 Å². The number of nitrogens with zero attached hydrogens (tertiary/aromatic N) is 2. The topological polar surface area (TPSA) is 94.9 Å². The molecular weight excluding hydrogens is 252 g/mol. The molecule has 0 N–H and O–H groups in total. The third-order valence-corrected chi connectivity index (χ3v) is 2.07. The van der Waals surface area contributed by atoms with Gasteiger partial charge in [0, 0.05) is 0 Å². The molecule has 0 amide bonds. The van der Waals surface area contributed by atoms with Gasteiger partial charge in [-0.2, -0.15) is 0 Å². The van der Waals surface area contributed by atoms with Crippen LogP contribution in [0.15, 0.2) is 52.0 Å². The summed E-state index contributed by atoms with van der Waals surface area (Å²) >= 11 is 0. The lowest BCUT2D eigenvalue weighted by Crippen LogP contribution is -2.00. The molecule has 0 saturated heterocycles. The second kappa shape index (κ2) is 5.58. The van der Waals surface area contributed by atoms with Gasteiger partial charge in [0.15, 0.2) is 5.76 Å². The summed E-state index contributed by atoms with van der Waals surface area (Å²) < 4.78 is 12.2. The molecule has 0 bridgehead atoms. The van der Waals surface area contributed by atoms with Crippen LogP contribution in [0.4, 0.5) is 5.88 Å². The monoisotopic (exact) mass is 261 g/mol. The highest BCUT2D eigenvalue weighted by Crippen LogP contribution is 2.13. The molecule has 2 aromatic rings. The summed E-state index contributed by atoms with van der Waals surface area (Å²) in [6, 6.07) is 10.4. The Morgan fingerprint density at radius 2 is 2.11 bits per heavy atom. The number of hydrogen-bond donors (Lipinski definition) is 0. The van der Waals surface area contributed by atoms with Crippen molar-refractivity contribution in [3.8, 4) is 0 Å². The van der Waals surface area contributed by atoms with Crippen molar-refractivity contribution >= 4 is 18.0 Å². The molecule has 96 valence electrons. The number of benzene rings is 1. The number of rotatable bonds is 4. The van der Waals surface area contributed by atoms with Crippen molar-refractivity contribution in [3.05, 3.63) is 63.9 Å². The number of oxime groups is 1. The molecule has 7 heteroatoms. The van der Waals surface area contributed by atoms with Gasteiger partial charge in [-0.3, -0.25) is 10.1 Å². The summed E-state index contributed by atoms with van der Waals surface area (Å²) in [7, 11) is 0. The molecule has 1 aromatic carbocycles. The van der Waals surface area contributed by atoms with Crippen LogP contribution in [0.1, 0.15) is 17.5 Å². The van der Waals surface area contributed by atoms with Gasteiger partial charge >= 0.3 is 11.9 Å². The maximum absolute atomic E-state index is 11.5. The minimum atomic E-state index is -0.743. The van der Waals surface area contributed by atoms with Crippen LogP contribution in [-0.2, 0) is 4.84 Å². The average molecular weight is 261 g/mol. The number of nitro groups is 1. The first-order valence-corrected chi connectivity index (χ1v) is 5.13. The lowest BCUT2D eigenvalue weighted by molar-refractivity contribution is -0.402. The number of hydrogen-bond acceptors (Lipinski definition) is 6. The van der Waals surface area contributed by atoms with E-state index in [1.807, 2.05) is 0 Å². The minimum Gasteiger partial charge on any atom is -0.400 e. The van der Waals surface area contributed by atoms with Crippen LogP contribution in [0.5, 0.6) is 0 Å². The van der Waals surface area contributed by atoms with Crippen LogP contribution < -0.4 is 0 Å². The number of furan rings is 1. The third-order valence-electron chi connectivity index (χ3n) is 2.07. The standard InChI is InChI=1S/C12H8N2O5/c15-12(9-4-2-1-3-5-9)19-13-8-10-6-7-11(18-10)14(16)17/h1-8H/b13-8-/i8D. The number of carbonyl (C=O) groups excluding carboxylic acids is 1. The van der Waals surface area contributed by atoms with Gasteiger partial charge in [0.1, 0.15) is 11.1 Å². The maximum Gasteiger partial charge on any atom is 0.433 e. The van der Waals surface area contributed by atoms with E-state index in [0.29, 0.717) is 0 Å². The zero-order valence-electron chi connectivity index (χ0n) is 10.5. The van der Waals surface area contributed by atoms with E-state index in [9.17, 15) is 14.9 Å². The second-order valence-corrected chi connectivity index (χ2v) is 3.34. The zero-order chi connectivity index (χ0) is 14.5. The first-order chi connectivity index (χ1) is 9.58. The molecule has 0 atom stereocenters. The molecule has 0 spiro atoms. The predicted molar refractivity (Wildman–Crippen MR) is 64.8 cm³/mol. The van der Waals surface area contributed by atoms with E-state index in [2.05, 4.69) is 9.99 Å². The smallest absolute Gasteiger partial charge is 0.400 e. The summed E-state index contributed by atoms with van der Waals surface area (Å²) in [5, 5.41) is 13.7. The van der Waals surface area contributed by atoms with E-state index < -0.39 is 23.0 Å².